The second-order valence-electron chi connectivity index (χ2n) is 17.6. The van der Waals surface area contributed by atoms with Crippen LogP contribution in [0.25, 0.3) is 82.8 Å². The number of benzene rings is 9. The number of rotatable bonds is 7. The first-order valence-corrected chi connectivity index (χ1v) is 22.1. The van der Waals surface area contributed by atoms with Gasteiger partial charge in [-0.1, -0.05) is 190 Å². The van der Waals surface area contributed by atoms with Crippen LogP contribution in [-0.2, 0) is 5.41 Å². The van der Waals surface area contributed by atoms with Gasteiger partial charge in [-0.3, -0.25) is 0 Å². The van der Waals surface area contributed by atoms with Crippen LogP contribution in [0.15, 0.2) is 228 Å². The van der Waals surface area contributed by atoms with Gasteiger partial charge in [0, 0.05) is 32.9 Å². The lowest BCUT2D eigenvalue weighted by atomic mass is 9.79. The SMILES string of the molecule is CC1(C)C2=CC(N(c3ccc(-c4ccccc4)cc3)c3ccc(-c4cc(-c5ccccc5)c5c(c4)oc4c6ccccc6c(-c6ccccc6)cc45)cc3)CC=C2c2ccccc21. The van der Waals surface area contributed by atoms with Crippen molar-refractivity contribution >= 4 is 49.7 Å². The largest absolute Gasteiger partial charge is 0.455 e. The number of anilines is 2. The second-order valence-corrected chi connectivity index (χ2v) is 17.6. The van der Waals surface area contributed by atoms with Gasteiger partial charge < -0.3 is 9.32 Å². The Labute approximate surface area is 368 Å². The van der Waals surface area contributed by atoms with Crippen LogP contribution >= 0.6 is 0 Å². The zero-order valence-electron chi connectivity index (χ0n) is 35.4. The van der Waals surface area contributed by atoms with E-state index in [1.54, 1.807) is 0 Å². The number of hydrogen-bond donors (Lipinski definition) is 0. The lowest BCUT2D eigenvalue weighted by Crippen LogP contribution is -2.32. The lowest BCUT2D eigenvalue weighted by molar-refractivity contribution is 0.644. The molecule has 1 aromatic heterocycles. The number of nitrogens with zero attached hydrogens (tertiary/aromatic N) is 1. The molecule has 0 amide bonds. The summed E-state index contributed by atoms with van der Waals surface area (Å²) in [7, 11) is 0. The maximum absolute atomic E-state index is 6.98. The van der Waals surface area contributed by atoms with Crippen LogP contribution in [0, 0.1) is 0 Å². The molecule has 2 aliphatic carbocycles. The highest BCUT2D eigenvalue weighted by molar-refractivity contribution is 6.22. The van der Waals surface area contributed by atoms with Gasteiger partial charge in [-0.15, -0.1) is 0 Å². The highest BCUT2D eigenvalue weighted by atomic mass is 16.3. The van der Waals surface area contributed by atoms with E-state index in [1.165, 1.54) is 55.6 Å². The van der Waals surface area contributed by atoms with E-state index in [-0.39, 0.29) is 11.5 Å². The molecule has 0 saturated carbocycles. The zero-order valence-corrected chi connectivity index (χ0v) is 35.4. The molecule has 300 valence electrons. The number of hydrogen-bond acceptors (Lipinski definition) is 2. The van der Waals surface area contributed by atoms with Gasteiger partial charge in [0.15, 0.2) is 0 Å². The first-order valence-electron chi connectivity index (χ1n) is 22.1. The van der Waals surface area contributed by atoms with Crippen LogP contribution in [0.4, 0.5) is 11.4 Å². The smallest absolute Gasteiger partial charge is 0.143 e. The quantitative estimate of drug-likeness (QED) is 0.159. The summed E-state index contributed by atoms with van der Waals surface area (Å²) in [4.78, 5) is 2.53. The van der Waals surface area contributed by atoms with Crippen molar-refractivity contribution in [3.8, 4) is 44.5 Å². The van der Waals surface area contributed by atoms with Gasteiger partial charge in [0.2, 0.25) is 0 Å². The Kier molecular flexibility index (Phi) is 8.69. The summed E-state index contributed by atoms with van der Waals surface area (Å²) in [5.41, 5.74) is 19.1. The van der Waals surface area contributed by atoms with E-state index >= 15 is 0 Å². The predicted octanol–water partition coefficient (Wildman–Crippen LogP) is 16.6. The summed E-state index contributed by atoms with van der Waals surface area (Å²) in [5.74, 6) is 0. The fourth-order valence-electron chi connectivity index (χ4n) is 10.5. The van der Waals surface area contributed by atoms with Crippen molar-refractivity contribution in [2.75, 3.05) is 4.90 Å². The standard InChI is InChI=1S/C61H45NO/c1-61(2)56-25-15-14-23-50(56)51-35-34-48(38-57(51)61)62(46-30-26-41(27-31-46)40-16-6-3-7-17-40)47-32-28-42(29-33-47)45-36-54(44-20-10-5-11-21-44)59-55-39-53(43-18-8-4-9-19-43)49-22-12-13-24-52(49)60(55)63-58(59)37-45/h3-33,35-39,48H,34H2,1-2H3. The maximum atomic E-state index is 6.98. The maximum Gasteiger partial charge on any atom is 0.143 e. The molecule has 1 heterocycles. The molecule has 1 unspecified atom stereocenters. The summed E-state index contributed by atoms with van der Waals surface area (Å²) < 4.78 is 6.98. The molecular formula is C61H45NO. The van der Waals surface area contributed by atoms with Crippen molar-refractivity contribution in [1.82, 2.24) is 0 Å². The van der Waals surface area contributed by atoms with Crippen LogP contribution in [0.3, 0.4) is 0 Å². The second kappa shape index (κ2) is 14.8. The summed E-state index contributed by atoms with van der Waals surface area (Å²) in [6, 6.07) is 75.1. The minimum Gasteiger partial charge on any atom is -0.455 e. The molecule has 2 nitrogen and oxygen atoms in total. The third kappa shape index (κ3) is 6.16. The summed E-state index contributed by atoms with van der Waals surface area (Å²) in [6.45, 7) is 4.75. The van der Waals surface area contributed by atoms with E-state index in [4.69, 9.17) is 4.42 Å². The van der Waals surface area contributed by atoms with Gasteiger partial charge in [-0.25, -0.2) is 0 Å². The molecule has 0 N–H and O–H groups in total. The molecule has 63 heavy (non-hydrogen) atoms. The third-order valence-corrected chi connectivity index (χ3v) is 13.6. The molecule has 10 aromatic rings. The predicted molar refractivity (Wildman–Crippen MR) is 265 cm³/mol. The van der Waals surface area contributed by atoms with Crippen molar-refractivity contribution < 1.29 is 4.42 Å². The Balaban J connectivity index is 0.987. The first-order chi connectivity index (χ1) is 31.0. The van der Waals surface area contributed by atoms with Gasteiger partial charge in [-0.2, -0.15) is 0 Å². The van der Waals surface area contributed by atoms with Gasteiger partial charge in [0.05, 0.1) is 6.04 Å². The number of fused-ring (bicyclic) bond motifs is 8. The molecule has 2 aliphatic rings. The van der Waals surface area contributed by atoms with E-state index in [9.17, 15) is 0 Å². The Hall–Kier alpha value is -7.68. The minimum absolute atomic E-state index is 0.0745. The Morgan fingerprint density at radius 3 is 1.67 bits per heavy atom. The monoisotopic (exact) mass is 807 g/mol. The van der Waals surface area contributed by atoms with Gasteiger partial charge >= 0.3 is 0 Å². The average Bonchev–Trinajstić information content (AvgIpc) is 3.84. The number of furan rings is 1. The highest BCUT2D eigenvalue weighted by Crippen LogP contribution is 2.52. The number of allylic oxidation sites excluding steroid dienone is 2. The van der Waals surface area contributed by atoms with Crippen LogP contribution < -0.4 is 4.90 Å². The molecule has 0 aliphatic heterocycles. The van der Waals surface area contributed by atoms with E-state index in [0.29, 0.717) is 0 Å². The van der Waals surface area contributed by atoms with Crippen molar-refractivity contribution in [3.63, 3.8) is 0 Å². The molecule has 1 atom stereocenters. The fourth-order valence-corrected chi connectivity index (χ4v) is 10.5. The minimum atomic E-state index is -0.0745. The van der Waals surface area contributed by atoms with E-state index in [0.717, 1.165) is 61.7 Å². The summed E-state index contributed by atoms with van der Waals surface area (Å²) >= 11 is 0. The molecule has 12 rings (SSSR count). The summed E-state index contributed by atoms with van der Waals surface area (Å²) in [6.07, 6.45) is 5.94. The highest BCUT2D eigenvalue weighted by Gasteiger charge is 2.40. The fraction of sp³-hybridized carbons (Fsp3) is 0.0820. The zero-order chi connectivity index (χ0) is 42.1. The van der Waals surface area contributed by atoms with E-state index in [1.807, 2.05) is 0 Å². The molecule has 0 fully saturated rings. The van der Waals surface area contributed by atoms with E-state index < -0.39 is 0 Å². The van der Waals surface area contributed by atoms with Crippen molar-refractivity contribution in [1.29, 1.82) is 0 Å². The lowest BCUT2D eigenvalue weighted by Gasteiger charge is -2.36. The topological polar surface area (TPSA) is 16.4 Å². The van der Waals surface area contributed by atoms with Crippen molar-refractivity contribution in [2.24, 2.45) is 0 Å². The van der Waals surface area contributed by atoms with E-state index in [2.05, 4.69) is 237 Å². The van der Waals surface area contributed by atoms with Gasteiger partial charge in [-0.05, 0) is 121 Å². The Morgan fingerprint density at radius 1 is 0.460 bits per heavy atom. The average molecular weight is 808 g/mol. The molecule has 0 saturated heterocycles. The third-order valence-electron chi connectivity index (χ3n) is 13.6. The van der Waals surface area contributed by atoms with Crippen LogP contribution in [0.1, 0.15) is 31.4 Å². The van der Waals surface area contributed by atoms with Crippen molar-refractivity contribution in [3.05, 3.63) is 235 Å². The molecule has 0 radical (unpaired) electrons. The van der Waals surface area contributed by atoms with Crippen LogP contribution in [-0.4, -0.2) is 6.04 Å². The molecule has 0 spiro atoms. The van der Waals surface area contributed by atoms with Crippen LogP contribution in [0.2, 0.25) is 0 Å². The van der Waals surface area contributed by atoms with Gasteiger partial charge in [0.1, 0.15) is 11.2 Å². The van der Waals surface area contributed by atoms with Gasteiger partial charge in [0.25, 0.3) is 0 Å². The van der Waals surface area contributed by atoms with Crippen LogP contribution in [0.5, 0.6) is 0 Å². The Bertz CT molecular complexity index is 3410. The summed E-state index contributed by atoms with van der Waals surface area (Å²) in [5, 5.41) is 4.58. The normalized spacial score (nSPS) is 15.2. The molecule has 9 aromatic carbocycles. The molecular weight excluding hydrogens is 763 g/mol. The molecule has 0 bridgehead atoms. The van der Waals surface area contributed by atoms with Crippen molar-refractivity contribution in [2.45, 2.75) is 31.7 Å². The first kappa shape index (κ1) is 37.1. The molecule has 2 heteroatoms. The Morgan fingerprint density at radius 2 is 1.00 bits per heavy atom.